The van der Waals surface area contributed by atoms with E-state index in [4.69, 9.17) is 4.43 Å². The zero-order valence-corrected chi connectivity index (χ0v) is 12.9. The molecule has 0 saturated heterocycles. The van der Waals surface area contributed by atoms with Crippen LogP contribution in [0.5, 0.6) is 0 Å². The van der Waals surface area contributed by atoms with Gasteiger partial charge in [-0.3, -0.25) is 0 Å². The van der Waals surface area contributed by atoms with Crippen LogP contribution in [0.2, 0.25) is 19.6 Å². The minimum Gasteiger partial charge on any atom is -0.401 e. The van der Waals surface area contributed by atoms with Crippen LogP contribution in [0.25, 0.3) is 0 Å². The molecule has 1 nitrogen and oxygen atoms in total. The van der Waals surface area contributed by atoms with Gasteiger partial charge in [-0.2, -0.15) is 0 Å². The molecule has 2 heteroatoms. The minimum absolute atomic E-state index is 0.0945. The molecule has 0 N–H and O–H groups in total. The molecule has 0 spiro atoms. The van der Waals surface area contributed by atoms with E-state index in [1.54, 1.807) is 0 Å². The highest BCUT2D eigenvalue weighted by atomic mass is 28.4. The molecule has 1 atom stereocenters. The Balaban J connectivity index is 2.81. The maximum atomic E-state index is 6.00. The summed E-state index contributed by atoms with van der Waals surface area (Å²) in [6.07, 6.45) is 3.91. The van der Waals surface area contributed by atoms with Crippen molar-refractivity contribution in [3.63, 3.8) is 0 Å². The zero-order valence-electron chi connectivity index (χ0n) is 11.9. The predicted octanol–water partition coefficient (Wildman–Crippen LogP) is 4.14. The summed E-state index contributed by atoms with van der Waals surface area (Å²) in [5.41, 5.74) is 2.29. The number of rotatable bonds is 3. The van der Waals surface area contributed by atoms with Crippen LogP contribution >= 0.6 is 0 Å². The monoisotopic (exact) mass is 258 g/mol. The Bertz CT molecular complexity index is 455. The number of hydrogen-bond donors (Lipinski definition) is 0. The number of hydrogen-bond acceptors (Lipinski definition) is 1. The average molecular weight is 258 g/mol. The molecule has 1 rings (SSSR count). The van der Waals surface area contributed by atoms with Crippen LogP contribution in [0.15, 0.2) is 36.4 Å². The van der Waals surface area contributed by atoms with Gasteiger partial charge in [-0.25, -0.2) is 0 Å². The van der Waals surface area contributed by atoms with Crippen molar-refractivity contribution in [2.75, 3.05) is 0 Å². The van der Waals surface area contributed by atoms with Crippen molar-refractivity contribution < 1.29 is 4.43 Å². The fourth-order valence-corrected chi connectivity index (χ4v) is 2.36. The van der Waals surface area contributed by atoms with E-state index < -0.39 is 8.32 Å². The van der Waals surface area contributed by atoms with Gasteiger partial charge >= 0.3 is 0 Å². The SMILES string of the molecule is C/C=C/C(C#Cc1ccc(C)cc1)O[Si](C)(C)C. The van der Waals surface area contributed by atoms with Gasteiger partial charge in [0.2, 0.25) is 0 Å². The Kier molecular flexibility index (Phi) is 5.40. The molecular formula is C16H22OSi. The van der Waals surface area contributed by atoms with E-state index in [0.717, 1.165) is 5.56 Å². The Hall–Kier alpha value is -1.30. The third kappa shape index (κ3) is 5.86. The first-order chi connectivity index (χ1) is 8.40. The van der Waals surface area contributed by atoms with Crippen LogP contribution in [-0.4, -0.2) is 14.4 Å². The molecule has 1 aromatic rings. The first kappa shape index (κ1) is 14.8. The highest BCUT2D eigenvalue weighted by Crippen LogP contribution is 2.08. The lowest BCUT2D eigenvalue weighted by Gasteiger charge is -2.20. The van der Waals surface area contributed by atoms with Crippen LogP contribution < -0.4 is 0 Å². The van der Waals surface area contributed by atoms with E-state index >= 15 is 0 Å². The molecule has 1 unspecified atom stereocenters. The molecule has 0 heterocycles. The van der Waals surface area contributed by atoms with Crippen molar-refractivity contribution in [1.29, 1.82) is 0 Å². The Labute approximate surface area is 112 Å². The van der Waals surface area contributed by atoms with Crippen molar-refractivity contribution >= 4 is 8.32 Å². The average Bonchev–Trinajstić information content (AvgIpc) is 2.26. The molecule has 0 bridgehead atoms. The molecule has 0 amide bonds. The van der Waals surface area contributed by atoms with Gasteiger partial charge in [0.1, 0.15) is 6.10 Å². The summed E-state index contributed by atoms with van der Waals surface area (Å²) in [7, 11) is -1.56. The van der Waals surface area contributed by atoms with E-state index in [0.29, 0.717) is 0 Å². The van der Waals surface area contributed by atoms with E-state index in [1.807, 2.05) is 31.2 Å². The summed E-state index contributed by atoms with van der Waals surface area (Å²) >= 11 is 0. The zero-order chi connectivity index (χ0) is 13.6. The second kappa shape index (κ2) is 6.58. The molecule has 0 aliphatic heterocycles. The van der Waals surface area contributed by atoms with Crippen molar-refractivity contribution in [2.24, 2.45) is 0 Å². The molecule has 0 fully saturated rings. The smallest absolute Gasteiger partial charge is 0.185 e. The third-order valence-electron chi connectivity index (χ3n) is 2.26. The van der Waals surface area contributed by atoms with Gasteiger partial charge in [0.15, 0.2) is 8.32 Å². The standard InChI is InChI=1S/C16H22OSi/c1-6-7-16(17-18(3,4)5)13-12-15-10-8-14(2)9-11-15/h6-11,16H,1-5H3/b7-6+. The summed E-state index contributed by atoms with van der Waals surface area (Å²) in [5, 5.41) is 0. The molecule has 18 heavy (non-hydrogen) atoms. The Morgan fingerprint density at radius 2 is 1.78 bits per heavy atom. The van der Waals surface area contributed by atoms with Gasteiger partial charge in [-0.1, -0.05) is 35.6 Å². The van der Waals surface area contributed by atoms with Crippen LogP contribution in [0.4, 0.5) is 0 Å². The molecule has 0 aliphatic rings. The van der Waals surface area contributed by atoms with Crippen molar-refractivity contribution in [3.8, 4) is 11.8 Å². The van der Waals surface area contributed by atoms with E-state index in [9.17, 15) is 0 Å². The van der Waals surface area contributed by atoms with Crippen molar-refractivity contribution in [2.45, 2.75) is 39.6 Å². The van der Waals surface area contributed by atoms with E-state index in [1.165, 1.54) is 5.56 Å². The van der Waals surface area contributed by atoms with Crippen LogP contribution in [-0.2, 0) is 4.43 Å². The predicted molar refractivity (Wildman–Crippen MR) is 81.1 cm³/mol. The lowest BCUT2D eigenvalue weighted by Crippen LogP contribution is -2.30. The summed E-state index contributed by atoms with van der Waals surface area (Å²) in [6, 6.07) is 8.25. The fraction of sp³-hybridized carbons (Fsp3) is 0.375. The Morgan fingerprint density at radius 3 is 2.28 bits per heavy atom. The first-order valence-corrected chi connectivity index (χ1v) is 9.70. The number of aryl methyl sites for hydroxylation is 1. The highest BCUT2D eigenvalue weighted by molar-refractivity contribution is 6.69. The molecule has 0 radical (unpaired) electrons. The van der Waals surface area contributed by atoms with Gasteiger partial charge in [0.25, 0.3) is 0 Å². The van der Waals surface area contributed by atoms with Gasteiger partial charge in [0, 0.05) is 5.56 Å². The summed E-state index contributed by atoms with van der Waals surface area (Å²) in [6.45, 7) is 10.6. The topological polar surface area (TPSA) is 9.23 Å². The van der Waals surface area contributed by atoms with Gasteiger partial charge in [-0.05, 0) is 51.7 Å². The number of benzene rings is 1. The van der Waals surface area contributed by atoms with Crippen LogP contribution in [0.3, 0.4) is 0 Å². The quantitative estimate of drug-likeness (QED) is 0.450. The van der Waals surface area contributed by atoms with Crippen LogP contribution in [0, 0.1) is 18.8 Å². The molecule has 96 valence electrons. The van der Waals surface area contributed by atoms with E-state index in [-0.39, 0.29) is 6.10 Å². The first-order valence-electron chi connectivity index (χ1n) is 6.29. The van der Waals surface area contributed by atoms with Crippen molar-refractivity contribution in [1.82, 2.24) is 0 Å². The lowest BCUT2D eigenvalue weighted by atomic mass is 10.1. The van der Waals surface area contributed by atoms with Crippen LogP contribution in [0.1, 0.15) is 18.1 Å². The summed E-state index contributed by atoms with van der Waals surface area (Å²) in [5.74, 6) is 6.36. The minimum atomic E-state index is -1.56. The third-order valence-corrected chi connectivity index (χ3v) is 3.22. The maximum absolute atomic E-state index is 6.00. The second-order valence-electron chi connectivity index (χ2n) is 5.31. The van der Waals surface area contributed by atoms with E-state index in [2.05, 4.69) is 50.5 Å². The fourth-order valence-electron chi connectivity index (χ4n) is 1.46. The normalized spacial score (nSPS) is 13.2. The largest absolute Gasteiger partial charge is 0.401 e. The van der Waals surface area contributed by atoms with Gasteiger partial charge < -0.3 is 4.43 Å². The van der Waals surface area contributed by atoms with Crippen molar-refractivity contribution in [3.05, 3.63) is 47.5 Å². The number of allylic oxidation sites excluding steroid dienone is 1. The van der Waals surface area contributed by atoms with Gasteiger partial charge in [0.05, 0.1) is 0 Å². The lowest BCUT2D eigenvalue weighted by molar-refractivity contribution is 0.298. The maximum Gasteiger partial charge on any atom is 0.185 e. The van der Waals surface area contributed by atoms with Gasteiger partial charge in [-0.15, -0.1) is 0 Å². The summed E-state index contributed by atoms with van der Waals surface area (Å²) in [4.78, 5) is 0. The molecule has 0 saturated carbocycles. The second-order valence-corrected chi connectivity index (χ2v) is 9.77. The molecule has 0 aromatic heterocycles. The Morgan fingerprint density at radius 1 is 1.17 bits per heavy atom. The summed E-state index contributed by atoms with van der Waals surface area (Å²) < 4.78 is 6.00. The molecular weight excluding hydrogens is 236 g/mol. The highest BCUT2D eigenvalue weighted by Gasteiger charge is 2.17. The molecule has 1 aromatic carbocycles. The molecule has 0 aliphatic carbocycles.